The molecule has 3 nitrogen and oxygen atoms in total. The lowest BCUT2D eigenvalue weighted by molar-refractivity contribution is -0.147. The van der Waals surface area contributed by atoms with Gasteiger partial charge >= 0.3 is 0 Å². The van der Waals surface area contributed by atoms with E-state index in [1.54, 1.807) is 0 Å². The van der Waals surface area contributed by atoms with Crippen LogP contribution in [0, 0.1) is 5.92 Å². The molecule has 0 spiro atoms. The lowest BCUT2D eigenvalue weighted by Crippen LogP contribution is -2.46. The fourth-order valence-electron chi connectivity index (χ4n) is 1.13. The summed E-state index contributed by atoms with van der Waals surface area (Å²) in [5, 5.41) is 18.4. The molecule has 1 saturated heterocycles. The predicted molar refractivity (Wildman–Crippen MR) is 36.6 cm³/mol. The van der Waals surface area contributed by atoms with Crippen molar-refractivity contribution in [3.63, 3.8) is 0 Å². The third-order valence-corrected chi connectivity index (χ3v) is 2.20. The van der Waals surface area contributed by atoms with Crippen LogP contribution < -0.4 is 0 Å². The summed E-state index contributed by atoms with van der Waals surface area (Å²) in [6.45, 7) is 4.03. The molecule has 60 valence electrons. The summed E-state index contributed by atoms with van der Waals surface area (Å²) in [5.41, 5.74) is 0. The summed E-state index contributed by atoms with van der Waals surface area (Å²) < 4.78 is 5.16. The molecular formula is C7H14O3. The van der Waals surface area contributed by atoms with Gasteiger partial charge in [-0.1, -0.05) is 6.92 Å². The number of hydrogen-bond acceptors (Lipinski definition) is 3. The monoisotopic (exact) mass is 146 g/mol. The first-order chi connectivity index (χ1) is 4.63. The number of hydrogen-bond donors (Lipinski definition) is 2. The molecule has 0 aromatic rings. The Hall–Kier alpha value is -0.120. The predicted octanol–water partition coefficient (Wildman–Crippen LogP) is -0.237. The summed E-state index contributed by atoms with van der Waals surface area (Å²) in [4.78, 5) is 0. The van der Waals surface area contributed by atoms with Crippen LogP contribution in [-0.4, -0.2) is 35.1 Å². The van der Waals surface area contributed by atoms with Gasteiger partial charge < -0.3 is 14.9 Å². The van der Waals surface area contributed by atoms with E-state index in [1.165, 1.54) is 0 Å². The maximum Gasteiger partial charge on any atom is 0.104 e. The van der Waals surface area contributed by atoms with Gasteiger partial charge in [-0.2, -0.15) is 0 Å². The van der Waals surface area contributed by atoms with Gasteiger partial charge in [-0.15, -0.1) is 0 Å². The van der Waals surface area contributed by atoms with Crippen LogP contribution in [0.25, 0.3) is 0 Å². The molecule has 4 atom stereocenters. The minimum Gasteiger partial charge on any atom is -0.390 e. The SMILES string of the molecule is C[C@@H]1[C@@H](O)[C@@H](O)CO[C@H]1C. The van der Waals surface area contributed by atoms with E-state index in [9.17, 15) is 5.11 Å². The fourth-order valence-corrected chi connectivity index (χ4v) is 1.13. The van der Waals surface area contributed by atoms with Crippen LogP contribution in [0.1, 0.15) is 13.8 Å². The maximum absolute atomic E-state index is 9.29. The average Bonchev–Trinajstić information content (AvgIpc) is 1.93. The van der Waals surface area contributed by atoms with Crippen LogP contribution in [0.2, 0.25) is 0 Å². The molecule has 2 N–H and O–H groups in total. The van der Waals surface area contributed by atoms with Crippen molar-refractivity contribution in [2.45, 2.75) is 32.2 Å². The molecule has 0 saturated carbocycles. The molecule has 1 aliphatic rings. The number of rotatable bonds is 0. The Labute approximate surface area is 60.6 Å². The van der Waals surface area contributed by atoms with Crippen molar-refractivity contribution in [2.75, 3.05) is 6.61 Å². The van der Waals surface area contributed by atoms with E-state index in [0.717, 1.165) is 0 Å². The Balaban J connectivity index is 2.52. The molecule has 1 heterocycles. The van der Waals surface area contributed by atoms with Gasteiger partial charge in [-0.25, -0.2) is 0 Å². The molecule has 1 rings (SSSR count). The zero-order valence-corrected chi connectivity index (χ0v) is 6.32. The highest BCUT2D eigenvalue weighted by Gasteiger charge is 2.32. The molecule has 0 aromatic heterocycles. The van der Waals surface area contributed by atoms with Crippen LogP contribution in [0.4, 0.5) is 0 Å². The largest absolute Gasteiger partial charge is 0.390 e. The molecule has 0 radical (unpaired) electrons. The Morgan fingerprint density at radius 2 is 1.90 bits per heavy atom. The zero-order chi connectivity index (χ0) is 7.72. The van der Waals surface area contributed by atoms with Crippen molar-refractivity contribution in [3.8, 4) is 0 Å². The first-order valence-corrected chi connectivity index (χ1v) is 3.60. The molecule has 0 amide bonds. The summed E-state index contributed by atoms with van der Waals surface area (Å²) >= 11 is 0. The zero-order valence-electron chi connectivity index (χ0n) is 6.32. The molecule has 1 fully saturated rings. The molecule has 1 aliphatic heterocycles. The highest BCUT2D eigenvalue weighted by atomic mass is 16.5. The van der Waals surface area contributed by atoms with Crippen molar-refractivity contribution in [1.82, 2.24) is 0 Å². The highest BCUT2D eigenvalue weighted by Crippen LogP contribution is 2.20. The van der Waals surface area contributed by atoms with E-state index < -0.39 is 12.2 Å². The smallest absolute Gasteiger partial charge is 0.104 e. The lowest BCUT2D eigenvalue weighted by atomic mass is 9.93. The van der Waals surface area contributed by atoms with Crippen LogP contribution in [-0.2, 0) is 4.74 Å². The quantitative estimate of drug-likeness (QED) is 0.496. The number of aliphatic hydroxyl groups is 2. The molecule has 0 aliphatic carbocycles. The van der Waals surface area contributed by atoms with E-state index in [-0.39, 0.29) is 18.6 Å². The van der Waals surface area contributed by atoms with Gasteiger partial charge in [0, 0.05) is 5.92 Å². The van der Waals surface area contributed by atoms with Crippen LogP contribution in [0.15, 0.2) is 0 Å². The minimum atomic E-state index is -0.703. The first-order valence-electron chi connectivity index (χ1n) is 3.60. The van der Waals surface area contributed by atoms with Gasteiger partial charge in [0.25, 0.3) is 0 Å². The molecule has 0 aromatic carbocycles. The number of aliphatic hydroxyl groups excluding tert-OH is 2. The fraction of sp³-hybridized carbons (Fsp3) is 1.00. The lowest BCUT2D eigenvalue weighted by Gasteiger charge is -2.34. The van der Waals surface area contributed by atoms with Gasteiger partial charge in [0.2, 0.25) is 0 Å². The summed E-state index contributed by atoms with van der Waals surface area (Å²) in [7, 11) is 0. The topological polar surface area (TPSA) is 49.7 Å². The van der Waals surface area contributed by atoms with Gasteiger partial charge in [-0.3, -0.25) is 0 Å². The molecule has 3 heteroatoms. The molecule has 0 unspecified atom stereocenters. The first kappa shape index (κ1) is 7.98. The Morgan fingerprint density at radius 3 is 2.40 bits per heavy atom. The Morgan fingerprint density at radius 1 is 1.30 bits per heavy atom. The third-order valence-electron chi connectivity index (χ3n) is 2.20. The van der Waals surface area contributed by atoms with E-state index in [4.69, 9.17) is 9.84 Å². The normalized spacial score (nSPS) is 49.2. The van der Waals surface area contributed by atoms with Gasteiger partial charge in [0.05, 0.1) is 18.8 Å². The standard InChI is InChI=1S/C7H14O3/c1-4-5(2)10-3-6(8)7(4)9/h4-9H,3H2,1-2H3/t4-,5-,6-,7+/m0/s1. The second-order valence-electron chi connectivity index (χ2n) is 2.96. The molecular weight excluding hydrogens is 132 g/mol. The van der Waals surface area contributed by atoms with Gasteiger partial charge in [-0.05, 0) is 6.92 Å². The Kier molecular flexibility index (Phi) is 2.28. The van der Waals surface area contributed by atoms with Crippen molar-refractivity contribution in [1.29, 1.82) is 0 Å². The number of ether oxygens (including phenoxy) is 1. The summed E-state index contributed by atoms with van der Waals surface area (Å²) in [6.07, 6.45) is -1.27. The van der Waals surface area contributed by atoms with E-state index in [1.807, 2.05) is 13.8 Å². The third kappa shape index (κ3) is 1.31. The van der Waals surface area contributed by atoms with Gasteiger partial charge in [0.1, 0.15) is 6.10 Å². The molecule has 0 bridgehead atoms. The van der Waals surface area contributed by atoms with Crippen LogP contribution in [0.5, 0.6) is 0 Å². The van der Waals surface area contributed by atoms with Crippen molar-refractivity contribution in [2.24, 2.45) is 5.92 Å². The van der Waals surface area contributed by atoms with Gasteiger partial charge in [0.15, 0.2) is 0 Å². The van der Waals surface area contributed by atoms with Crippen molar-refractivity contribution in [3.05, 3.63) is 0 Å². The van der Waals surface area contributed by atoms with E-state index >= 15 is 0 Å². The van der Waals surface area contributed by atoms with Crippen molar-refractivity contribution < 1.29 is 14.9 Å². The van der Waals surface area contributed by atoms with E-state index in [0.29, 0.717) is 0 Å². The highest BCUT2D eigenvalue weighted by molar-refractivity contribution is 4.81. The Bertz CT molecular complexity index is 101. The second kappa shape index (κ2) is 2.86. The maximum atomic E-state index is 9.29. The average molecular weight is 146 g/mol. The van der Waals surface area contributed by atoms with Crippen molar-refractivity contribution >= 4 is 0 Å². The summed E-state index contributed by atoms with van der Waals surface area (Å²) in [6, 6.07) is 0. The molecule has 10 heavy (non-hydrogen) atoms. The summed E-state index contributed by atoms with van der Waals surface area (Å²) in [5.74, 6) is 0.0312. The van der Waals surface area contributed by atoms with Crippen LogP contribution >= 0.6 is 0 Å². The van der Waals surface area contributed by atoms with Crippen LogP contribution in [0.3, 0.4) is 0 Å². The minimum absolute atomic E-state index is 0.0312. The second-order valence-corrected chi connectivity index (χ2v) is 2.96. The van der Waals surface area contributed by atoms with E-state index in [2.05, 4.69) is 0 Å².